The smallest absolute Gasteiger partial charge is 0.346 e. The monoisotopic (exact) mass is 477 g/mol. The van der Waals surface area contributed by atoms with Crippen molar-refractivity contribution in [2.45, 2.75) is 39.7 Å². The first-order chi connectivity index (χ1) is 14.6. The summed E-state index contributed by atoms with van der Waals surface area (Å²) in [5.74, 6) is -1.25. The largest absolute Gasteiger partial charge is 0.465 e. The summed E-state index contributed by atoms with van der Waals surface area (Å²) < 4.78 is 10.4. The number of thioether (sulfide) groups is 2. The SMILES string of the molecule is CCC(=O)N1c2ccc(C)cc2C(=C2SC(C(=O)OC)=C(C(=O)OC)S2)C(=S)C1(C)C. The van der Waals surface area contributed by atoms with Crippen LogP contribution in [0.2, 0.25) is 0 Å². The van der Waals surface area contributed by atoms with Crippen molar-refractivity contribution in [3.05, 3.63) is 43.4 Å². The summed E-state index contributed by atoms with van der Waals surface area (Å²) in [6.45, 7) is 7.60. The first-order valence-electron chi connectivity index (χ1n) is 9.58. The van der Waals surface area contributed by atoms with E-state index in [1.807, 2.05) is 45.9 Å². The number of amides is 1. The van der Waals surface area contributed by atoms with Crippen molar-refractivity contribution in [2.75, 3.05) is 19.1 Å². The molecule has 0 fully saturated rings. The first-order valence-corrected chi connectivity index (χ1v) is 11.6. The highest BCUT2D eigenvalue weighted by Gasteiger charge is 2.45. The van der Waals surface area contributed by atoms with Gasteiger partial charge >= 0.3 is 11.9 Å². The second kappa shape index (κ2) is 8.80. The zero-order valence-electron chi connectivity index (χ0n) is 18.2. The molecule has 0 aromatic heterocycles. The lowest BCUT2D eigenvalue weighted by molar-refractivity contribution is -0.138. The Balaban J connectivity index is 2.26. The van der Waals surface area contributed by atoms with Crippen molar-refractivity contribution in [3.8, 4) is 0 Å². The van der Waals surface area contributed by atoms with Gasteiger partial charge in [-0.25, -0.2) is 9.59 Å². The van der Waals surface area contributed by atoms with E-state index in [0.29, 0.717) is 15.5 Å². The van der Waals surface area contributed by atoms with Crippen molar-refractivity contribution in [3.63, 3.8) is 0 Å². The molecule has 164 valence electrons. The number of carbonyl (C=O) groups is 3. The quantitative estimate of drug-likeness (QED) is 0.355. The summed E-state index contributed by atoms with van der Waals surface area (Å²) in [6, 6.07) is 5.85. The maximum atomic E-state index is 12.9. The fraction of sp³-hybridized carbons (Fsp3) is 0.364. The Morgan fingerprint density at radius 1 is 1.06 bits per heavy atom. The average Bonchev–Trinajstić information content (AvgIpc) is 3.18. The normalized spacial score (nSPS) is 17.6. The fourth-order valence-electron chi connectivity index (χ4n) is 3.54. The predicted molar refractivity (Wildman–Crippen MR) is 129 cm³/mol. The van der Waals surface area contributed by atoms with Gasteiger partial charge in [0.2, 0.25) is 5.91 Å². The van der Waals surface area contributed by atoms with Gasteiger partial charge in [0.15, 0.2) is 0 Å². The number of anilines is 1. The molecule has 2 aliphatic rings. The summed E-state index contributed by atoms with van der Waals surface area (Å²) in [7, 11) is 2.53. The van der Waals surface area contributed by atoms with Gasteiger partial charge in [-0.2, -0.15) is 0 Å². The topological polar surface area (TPSA) is 72.9 Å². The third-order valence-corrected chi connectivity index (χ3v) is 8.36. The van der Waals surface area contributed by atoms with Gasteiger partial charge in [-0.15, -0.1) is 0 Å². The molecular weight excluding hydrogens is 454 g/mol. The Morgan fingerprint density at radius 3 is 2.10 bits per heavy atom. The second-order valence-electron chi connectivity index (χ2n) is 7.50. The molecule has 0 atom stereocenters. The molecule has 1 aromatic carbocycles. The number of rotatable bonds is 3. The second-order valence-corrected chi connectivity index (χ2v) is 10.2. The number of fused-ring (bicyclic) bond motifs is 1. The first kappa shape index (κ1) is 23.6. The molecule has 31 heavy (non-hydrogen) atoms. The van der Waals surface area contributed by atoms with Crippen LogP contribution in [0.3, 0.4) is 0 Å². The van der Waals surface area contributed by atoms with Gasteiger partial charge in [-0.05, 0) is 32.9 Å². The van der Waals surface area contributed by atoms with Crippen molar-refractivity contribution in [1.82, 2.24) is 0 Å². The number of aryl methyl sites for hydroxylation is 1. The highest BCUT2D eigenvalue weighted by Crippen LogP contribution is 2.56. The van der Waals surface area contributed by atoms with Gasteiger partial charge in [0, 0.05) is 17.6 Å². The Hall–Kier alpha value is -2.10. The van der Waals surface area contributed by atoms with Crippen molar-refractivity contribution < 1.29 is 23.9 Å². The summed E-state index contributed by atoms with van der Waals surface area (Å²) in [4.78, 5) is 40.2. The number of hydrogen-bond donors (Lipinski definition) is 0. The third-order valence-electron chi connectivity index (χ3n) is 5.10. The average molecular weight is 478 g/mol. The summed E-state index contributed by atoms with van der Waals surface area (Å²) in [6.07, 6.45) is 0.343. The van der Waals surface area contributed by atoms with Crippen LogP contribution in [0.15, 0.2) is 32.2 Å². The van der Waals surface area contributed by atoms with E-state index in [1.165, 1.54) is 14.2 Å². The number of benzene rings is 1. The maximum Gasteiger partial charge on any atom is 0.346 e. The van der Waals surface area contributed by atoms with Crippen LogP contribution in [0.1, 0.15) is 38.3 Å². The minimum absolute atomic E-state index is 0.0307. The standard InChI is InChI=1S/C22H23NO5S3/c1-7-14(24)23-13-9-8-11(2)10-12(13)15(18(29)22(23,3)4)21-30-16(19(25)27-5)17(31-21)20(26)28-6/h8-10H,7H2,1-6H3. The Morgan fingerprint density at radius 2 is 1.61 bits per heavy atom. The molecule has 0 aliphatic carbocycles. The molecule has 0 bridgehead atoms. The van der Waals surface area contributed by atoms with Crippen molar-refractivity contribution in [1.29, 1.82) is 0 Å². The molecule has 0 spiro atoms. The van der Waals surface area contributed by atoms with Crippen molar-refractivity contribution >= 4 is 69.7 Å². The third kappa shape index (κ3) is 3.94. The van der Waals surface area contributed by atoms with Crippen LogP contribution in [0.25, 0.3) is 5.57 Å². The number of thiocarbonyl (C=S) groups is 1. The van der Waals surface area contributed by atoms with Crippen LogP contribution in [-0.2, 0) is 23.9 Å². The molecule has 0 radical (unpaired) electrons. The number of esters is 2. The van der Waals surface area contributed by atoms with E-state index >= 15 is 0 Å². The fourth-order valence-corrected chi connectivity index (χ4v) is 6.57. The maximum absolute atomic E-state index is 12.9. The van der Waals surface area contributed by atoms with Crippen LogP contribution in [0, 0.1) is 6.92 Å². The Labute approximate surface area is 195 Å². The van der Waals surface area contributed by atoms with Gasteiger partial charge in [0.05, 0.1) is 34.5 Å². The van der Waals surface area contributed by atoms with E-state index in [2.05, 4.69) is 0 Å². The molecule has 1 aromatic rings. The molecule has 1 amide bonds. The van der Waals surface area contributed by atoms with Crippen LogP contribution in [-0.4, -0.2) is 42.5 Å². The number of hydrogen-bond acceptors (Lipinski definition) is 8. The molecule has 0 unspecified atom stereocenters. The van der Waals surface area contributed by atoms with Gasteiger partial charge in [-0.3, -0.25) is 4.79 Å². The highest BCUT2D eigenvalue weighted by atomic mass is 32.2. The van der Waals surface area contributed by atoms with E-state index < -0.39 is 17.5 Å². The molecule has 3 rings (SSSR count). The van der Waals surface area contributed by atoms with Gasteiger partial charge in [0.25, 0.3) is 0 Å². The van der Waals surface area contributed by atoms with E-state index in [-0.39, 0.29) is 15.7 Å². The minimum atomic E-state index is -0.770. The molecule has 2 heterocycles. The zero-order chi connectivity index (χ0) is 23.1. The van der Waals surface area contributed by atoms with Crippen molar-refractivity contribution in [2.24, 2.45) is 0 Å². The summed E-state index contributed by atoms with van der Waals surface area (Å²) in [5.41, 5.74) is 2.54. The predicted octanol–water partition coefficient (Wildman–Crippen LogP) is 4.61. The summed E-state index contributed by atoms with van der Waals surface area (Å²) in [5, 5.41) is 0. The van der Waals surface area contributed by atoms with Gasteiger partial charge < -0.3 is 14.4 Å². The number of ether oxygens (including phenoxy) is 2. The number of methoxy groups -OCH3 is 2. The molecule has 0 saturated carbocycles. The summed E-state index contributed by atoms with van der Waals surface area (Å²) >= 11 is 8.19. The van der Waals surface area contributed by atoms with Crippen LogP contribution >= 0.6 is 35.7 Å². The number of carbonyl (C=O) groups excluding carboxylic acids is 3. The lowest BCUT2D eigenvalue weighted by atomic mass is 9.82. The van der Waals surface area contributed by atoms with E-state index in [1.54, 1.807) is 4.90 Å². The lowest BCUT2D eigenvalue weighted by Gasteiger charge is -2.45. The molecule has 0 N–H and O–H groups in total. The van der Waals surface area contributed by atoms with Crippen LogP contribution < -0.4 is 4.90 Å². The lowest BCUT2D eigenvalue weighted by Crippen LogP contribution is -2.55. The van der Waals surface area contributed by atoms with Crippen LogP contribution in [0.4, 0.5) is 5.69 Å². The molecule has 0 saturated heterocycles. The van der Waals surface area contributed by atoms with Gasteiger partial charge in [0.1, 0.15) is 9.81 Å². The molecule has 6 nitrogen and oxygen atoms in total. The Bertz CT molecular complexity index is 1040. The van der Waals surface area contributed by atoms with E-state index in [4.69, 9.17) is 21.7 Å². The Kier molecular flexibility index (Phi) is 6.69. The molecule has 9 heteroatoms. The van der Waals surface area contributed by atoms with Gasteiger partial charge in [-0.1, -0.05) is 54.3 Å². The minimum Gasteiger partial charge on any atom is -0.465 e. The zero-order valence-corrected chi connectivity index (χ0v) is 20.6. The highest BCUT2D eigenvalue weighted by molar-refractivity contribution is 8.29. The van der Waals surface area contributed by atoms with E-state index in [0.717, 1.165) is 45.9 Å². The van der Waals surface area contributed by atoms with E-state index in [9.17, 15) is 14.4 Å². The number of nitrogens with zero attached hydrogens (tertiary/aromatic N) is 1. The van der Waals surface area contributed by atoms with Crippen LogP contribution in [0.5, 0.6) is 0 Å². The molecule has 2 aliphatic heterocycles. The molecular formula is C22H23NO5S3.